The molecule has 0 bridgehead atoms. The third kappa shape index (κ3) is 6.84. The summed E-state index contributed by atoms with van der Waals surface area (Å²) in [7, 11) is 0. The summed E-state index contributed by atoms with van der Waals surface area (Å²) in [5.41, 5.74) is -0.393. The Morgan fingerprint density at radius 3 is 2.48 bits per heavy atom. The van der Waals surface area contributed by atoms with E-state index in [0.29, 0.717) is 50.1 Å². The molecule has 3 aliphatic rings. The van der Waals surface area contributed by atoms with E-state index in [1.807, 2.05) is 28.0 Å². The van der Waals surface area contributed by atoms with Gasteiger partial charge in [0, 0.05) is 56.1 Å². The van der Waals surface area contributed by atoms with Gasteiger partial charge in [-0.3, -0.25) is 14.5 Å². The first kappa shape index (κ1) is 24.3. The van der Waals surface area contributed by atoms with Crippen molar-refractivity contribution in [3.05, 3.63) is 29.3 Å². The Kier molecular flexibility index (Phi) is 8.50. The first-order valence-corrected chi connectivity index (χ1v) is 12.6. The van der Waals surface area contributed by atoms with Crippen LogP contribution in [0.1, 0.15) is 38.5 Å². The molecule has 1 aromatic carbocycles. The first-order chi connectivity index (χ1) is 16.0. The molecule has 0 spiro atoms. The van der Waals surface area contributed by atoms with E-state index < -0.39 is 5.41 Å². The molecule has 33 heavy (non-hydrogen) atoms. The highest BCUT2D eigenvalue weighted by Gasteiger charge is 2.41. The lowest BCUT2D eigenvalue weighted by Gasteiger charge is -2.44. The molecule has 4 rings (SSSR count). The number of halogens is 1. The number of hydrogen-bond donors (Lipinski definition) is 0. The lowest BCUT2D eigenvalue weighted by atomic mass is 9.77. The van der Waals surface area contributed by atoms with E-state index in [-0.39, 0.29) is 11.8 Å². The van der Waals surface area contributed by atoms with Gasteiger partial charge in [0.1, 0.15) is 5.75 Å². The zero-order chi connectivity index (χ0) is 23.1. The number of rotatable bonds is 7. The van der Waals surface area contributed by atoms with Gasteiger partial charge >= 0.3 is 0 Å². The quantitative estimate of drug-likeness (QED) is 0.604. The van der Waals surface area contributed by atoms with E-state index in [4.69, 9.17) is 21.1 Å². The van der Waals surface area contributed by atoms with E-state index >= 15 is 0 Å². The van der Waals surface area contributed by atoms with Gasteiger partial charge in [-0.05, 0) is 50.3 Å². The van der Waals surface area contributed by atoms with Gasteiger partial charge in [0.2, 0.25) is 11.8 Å². The third-order valence-electron chi connectivity index (χ3n) is 7.05. The van der Waals surface area contributed by atoms with Crippen molar-refractivity contribution in [1.82, 2.24) is 14.7 Å². The van der Waals surface area contributed by atoms with Gasteiger partial charge in [-0.2, -0.15) is 0 Å². The van der Waals surface area contributed by atoms with Crippen molar-refractivity contribution in [3.63, 3.8) is 0 Å². The van der Waals surface area contributed by atoms with Crippen molar-refractivity contribution in [2.75, 3.05) is 65.6 Å². The lowest BCUT2D eigenvalue weighted by Crippen LogP contribution is -2.53. The van der Waals surface area contributed by atoms with E-state index in [2.05, 4.69) is 4.90 Å². The number of amides is 2. The van der Waals surface area contributed by atoms with Gasteiger partial charge < -0.3 is 19.3 Å². The molecule has 0 radical (unpaired) electrons. The normalized spacial score (nSPS) is 24.5. The Labute approximate surface area is 201 Å². The van der Waals surface area contributed by atoms with Crippen LogP contribution in [-0.4, -0.2) is 92.1 Å². The molecule has 0 saturated carbocycles. The fourth-order valence-electron chi connectivity index (χ4n) is 5.15. The Morgan fingerprint density at radius 2 is 1.73 bits per heavy atom. The molecule has 0 N–H and O–H groups in total. The van der Waals surface area contributed by atoms with Gasteiger partial charge in [-0.15, -0.1) is 0 Å². The molecule has 182 valence electrons. The number of hydrogen-bond acceptors (Lipinski definition) is 5. The molecule has 2 amide bonds. The van der Waals surface area contributed by atoms with Gasteiger partial charge in [-0.25, -0.2) is 0 Å². The van der Waals surface area contributed by atoms with Crippen LogP contribution in [0.25, 0.3) is 0 Å². The molecule has 3 heterocycles. The van der Waals surface area contributed by atoms with Crippen LogP contribution in [0.4, 0.5) is 0 Å². The maximum Gasteiger partial charge on any atom is 0.236 e. The van der Waals surface area contributed by atoms with Crippen molar-refractivity contribution < 1.29 is 19.1 Å². The van der Waals surface area contributed by atoms with Crippen molar-refractivity contribution in [1.29, 1.82) is 0 Å². The average Bonchev–Trinajstić information content (AvgIpc) is 2.84. The SMILES string of the molecule is O=C(C[C@@]1(COc2cccc(Cl)c2)CCCN(C(=O)CN2CCOCC2)C1)N1CCCCC1. The van der Waals surface area contributed by atoms with E-state index in [9.17, 15) is 9.59 Å². The number of likely N-dealkylation sites (tertiary alicyclic amines) is 2. The Bertz CT molecular complexity index is 811. The van der Waals surface area contributed by atoms with Crippen LogP contribution in [0.15, 0.2) is 24.3 Å². The van der Waals surface area contributed by atoms with Gasteiger partial charge in [-0.1, -0.05) is 17.7 Å². The Hall–Kier alpha value is -1.83. The summed E-state index contributed by atoms with van der Waals surface area (Å²) in [6, 6.07) is 7.36. The Balaban J connectivity index is 1.45. The predicted octanol–water partition coefficient (Wildman–Crippen LogP) is 3.06. The van der Waals surface area contributed by atoms with Crippen LogP contribution in [-0.2, 0) is 14.3 Å². The minimum atomic E-state index is -0.393. The summed E-state index contributed by atoms with van der Waals surface area (Å²) >= 11 is 6.14. The van der Waals surface area contributed by atoms with E-state index in [1.54, 1.807) is 6.07 Å². The Morgan fingerprint density at radius 1 is 0.970 bits per heavy atom. The minimum Gasteiger partial charge on any atom is -0.493 e. The lowest BCUT2D eigenvalue weighted by molar-refractivity contribution is -0.143. The largest absolute Gasteiger partial charge is 0.493 e. The van der Waals surface area contributed by atoms with Crippen LogP contribution in [0.3, 0.4) is 0 Å². The molecular weight excluding hydrogens is 442 g/mol. The van der Waals surface area contributed by atoms with Crippen molar-refractivity contribution >= 4 is 23.4 Å². The van der Waals surface area contributed by atoms with Crippen LogP contribution >= 0.6 is 11.6 Å². The number of carbonyl (C=O) groups is 2. The highest BCUT2D eigenvalue weighted by atomic mass is 35.5. The molecule has 1 atom stereocenters. The number of piperidine rings is 2. The highest BCUT2D eigenvalue weighted by molar-refractivity contribution is 6.30. The van der Waals surface area contributed by atoms with Crippen LogP contribution in [0.2, 0.25) is 5.02 Å². The van der Waals surface area contributed by atoms with Crippen LogP contribution in [0, 0.1) is 5.41 Å². The first-order valence-electron chi connectivity index (χ1n) is 12.3. The van der Waals surface area contributed by atoms with Crippen molar-refractivity contribution in [2.45, 2.75) is 38.5 Å². The average molecular weight is 478 g/mol. The molecular formula is C25H36ClN3O4. The topological polar surface area (TPSA) is 62.3 Å². The zero-order valence-electron chi connectivity index (χ0n) is 19.5. The maximum absolute atomic E-state index is 13.3. The second kappa shape index (κ2) is 11.5. The number of carbonyl (C=O) groups excluding carboxylic acids is 2. The molecule has 7 nitrogen and oxygen atoms in total. The fourth-order valence-corrected chi connectivity index (χ4v) is 5.33. The monoisotopic (exact) mass is 477 g/mol. The van der Waals surface area contributed by atoms with Crippen LogP contribution < -0.4 is 4.74 Å². The molecule has 0 aliphatic carbocycles. The molecule has 8 heteroatoms. The summed E-state index contributed by atoms with van der Waals surface area (Å²) in [6.45, 7) is 6.70. The van der Waals surface area contributed by atoms with Gasteiger partial charge in [0.15, 0.2) is 0 Å². The van der Waals surface area contributed by atoms with E-state index in [0.717, 1.165) is 58.4 Å². The summed E-state index contributed by atoms with van der Waals surface area (Å²) in [4.78, 5) is 32.5. The zero-order valence-corrected chi connectivity index (χ0v) is 20.2. The minimum absolute atomic E-state index is 0.133. The number of ether oxygens (including phenoxy) is 2. The van der Waals surface area contributed by atoms with Crippen molar-refractivity contribution in [3.8, 4) is 5.75 Å². The van der Waals surface area contributed by atoms with Crippen LogP contribution in [0.5, 0.6) is 5.75 Å². The summed E-state index contributed by atoms with van der Waals surface area (Å²) < 4.78 is 11.6. The third-order valence-corrected chi connectivity index (χ3v) is 7.29. The number of benzene rings is 1. The fraction of sp³-hybridized carbons (Fsp3) is 0.680. The molecule has 3 saturated heterocycles. The second-order valence-corrected chi connectivity index (χ2v) is 10.1. The van der Waals surface area contributed by atoms with Gasteiger partial charge in [0.25, 0.3) is 0 Å². The second-order valence-electron chi connectivity index (χ2n) is 9.67. The molecule has 1 aromatic rings. The molecule has 0 unspecified atom stereocenters. The summed E-state index contributed by atoms with van der Waals surface area (Å²) in [5, 5.41) is 0.622. The van der Waals surface area contributed by atoms with E-state index in [1.165, 1.54) is 6.42 Å². The number of morpholine rings is 1. The smallest absolute Gasteiger partial charge is 0.236 e. The highest BCUT2D eigenvalue weighted by Crippen LogP contribution is 2.36. The summed E-state index contributed by atoms with van der Waals surface area (Å²) in [6.07, 6.45) is 5.49. The molecule has 0 aromatic heterocycles. The number of nitrogens with zero attached hydrogens (tertiary/aromatic N) is 3. The molecule has 3 fully saturated rings. The summed E-state index contributed by atoms with van der Waals surface area (Å²) in [5.74, 6) is 1.02. The molecule has 3 aliphatic heterocycles. The predicted molar refractivity (Wildman–Crippen MR) is 128 cm³/mol. The standard InChI is InChI=1S/C25H36ClN3O4/c26-21-6-4-7-22(16-21)33-20-25(17-23(30)28-9-2-1-3-10-28)8-5-11-29(19-25)24(31)18-27-12-14-32-15-13-27/h4,6-7,16H,1-3,5,8-15,17-20H2/t25-/m0/s1. The maximum atomic E-state index is 13.3. The van der Waals surface area contributed by atoms with Crippen molar-refractivity contribution in [2.24, 2.45) is 5.41 Å². The van der Waals surface area contributed by atoms with Gasteiger partial charge in [0.05, 0.1) is 26.4 Å².